The van der Waals surface area contributed by atoms with Gasteiger partial charge < -0.3 is 10.2 Å². The summed E-state index contributed by atoms with van der Waals surface area (Å²) in [5, 5.41) is 10.4. The number of nitrogens with one attached hydrogen (secondary N) is 2. The number of benzene rings is 1. The van der Waals surface area contributed by atoms with E-state index in [1.807, 2.05) is 23.1 Å². The molecule has 4 heterocycles. The molecule has 0 spiro atoms. The third-order valence-electron chi connectivity index (χ3n) is 5.33. The molecule has 0 bridgehead atoms. The smallest absolute Gasteiger partial charge is 0.153 e. The molecule has 0 aliphatic carbocycles. The molecule has 1 fully saturated rings. The molecule has 1 aliphatic heterocycles. The number of aromatic amines is 1. The van der Waals surface area contributed by atoms with E-state index in [0.717, 1.165) is 36.7 Å². The molecule has 3 aromatic heterocycles. The molecule has 1 atom stereocenters. The van der Waals surface area contributed by atoms with Gasteiger partial charge in [0, 0.05) is 48.3 Å². The summed E-state index contributed by atoms with van der Waals surface area (Å²) in [4.78, 5) is 14.8. The van der Waals surface area contributed by atoms with Crippen LogP contribution < -0.4 is 10.2 Å². The van der Waals surface area contributed by atoms with E-state index in [9.17, 15) is 8.78 Å². The molecule has 9 heteroatoms. The van der Waals surface area contributed by atoms with E-state index >= 15 is 0 Å². The van der Waals surface area contributed by atoms with Crippen LogP contribution in [-0.4, -0.2) is 31.7 Å². The van der Waals surface area contributed by atoms with E-state index in [2.05, 4.69) is 30.5 Å². The fraction of sp³-hybridized carbons (Fsp3) is 0.182. The van der Waals surface area contributed by atoms with Gasteiger partial charge in [-0.15, -0.1) is 0 Å². The molecule has 31 heavy (non-hydrogen) atoms. The lowest BCUT2D eigenvalue weighted by Crippen LogP contribution is -2.24. The monoisotopic (exact) mass is 419 g/mol. The lowest BCUT2D eigenvalue weighted by Gasteiger charge is -2.26. The fourth-order valence-electron chi connectivity index (χ4n) is 3.90. The normalized spacial score (nSPS) is 15.9. The summed E-state index contributed by atoms with van der Waals surface area (Å²) in [6.07, 6.45) is 6.58. The Morgan fingerprint density at radius 2 is 2.00 bits per heavy atom. The lowest BCUT2D eigenvalue weighted by molar-refractivity contribution is 0.553. The standard InChI is InChI=1S/C22H19F2N7/c23-15-5-6-16(17(24)9-15)19-4-2-8-31(19)22-11-20(26-13-27-22)28-21-10-18(29-30-21)14-3-1-7-25-12-14/h1,3,5-7,9-13,19H,2,4,8H2,(H2,26,27,28,29,30). The molecule has 5 rings (SSSR count). The number of nitrogens with zero attached hydrogens (tertiary/aromatic N) is 5. The highest BCUT2D eigenvalue weighted by Gasteiger charge is 2.29. The first kappa shape index (κ1) is 19.1. The highest BCUT2D eigenvalue weighted by molar-refractivity contribution is 5.65. The Bertz CT molecular complexity index is 1200. The highest BCUT2D eigenvalue weighted by Crippen LogP contribution is 2.37. The third kappa shape index (κ3) is 3.94. The molecule has 4 aromatic rings. The van der Waals surface area contributed by atoms with Gasteiger partial charge in [-0.3, -0.25) is 10.1 Å². The van der Waals surface area contributed by atoms with Gasteiger partial charge in [-0.05, 0) is 31.0 Å². The Morgan fingerprint density at radius 3 is 2.84 bits per heavy atom. The van der Waals surface area contributed by atoms with Crippen LogP contribution in [0.5, 0.6) is 0 Å². The van der Waals surface area contributed by atoms with Crippen molar-refractivity contribution in [2.45, 2.75) is 18.9 Å². The Kier molecular flexibility index (Phi) is 4.99. The molecule has 0 radical (unpaired) electrons. The number of halogens is 2. The first-order chi connectivity index (χ1) is 15.2. The number of H-pyrrole nitrogens is 1. The van der Waals surface area contributed by atoms with Crippen molar-refractivity contribution in [2.24, 2.45) is 0 Å². The van der Waals surface area contributed by atoms with Crippen molar-refractivity contribution in [3.8, 4) is 11.3 Å². The maximum atomic E-state index is 14.4. The number of pyridine rings is 1. The number of aromatic nitrogens is 5. The maximum absolute atomic E-state index is 14.4. The van der Waals surface area contributed by atoms with E-state index in [-0.39, 0.29) is 6.04 Å². The molecule has 1 aromatic carbocycles. The van der Waals surface area contributed by atoms with Crippen molar-refractivity contribution in [3.05, 3.63) is 78.4 Å². The number of rotatable bonds is 5. The molecule has 0 saturated carbocycles. The van der Waals surface area contributed by atoms with E-state index < -0.39 is 11.6 Å². The van der Waals surface area contributed by atoms with Gasteiger partial charge >= 0.3 is 0 Å². The SMILES string of the molecule is Fc1ccc(C2CCCN2c2cc(Nc3cc(-c4cccnc4)[nH]n3)ncn2)c(F)c1. The quantitative estimate of drug-likeness (QED) is 0.491. The van der Waals surface area contributed by atoms with E-state index in [1.165, 1.54) is 18.5 Å². The summed E-state index contributed by atoms with van der Waals surface area (Å²) in [5.74, 6) is 0.727. The maximum Gasteiger partial charge on any atom is 0.153 e. The van der Waals surface area contributed by atoms with Crippen LogP contribution in [0.25, 0.3) is 11.3 Å². The van der Waals surface area contributed by atoms with Crippen LogP contribution in [0, 0.1) is 11.6 Å². The zero-order chi connectivity index (χ0) is 21.2. The minimum absolute atomic E-state index is 0.203. The number of anilines is 3. The molecule has 1 aliphatic rings. The molecular formula is C22H19F2N7. The van der Waals surface area contributed by atoms with Crippen LogP contribution in [-0.2, 0) is 0 Å². The van der Waals surface area contributed by atoms with Gasteiger partial charge in [0.2, 0.25) is 0 Å². The first-order valence-electron chi connectivity index (χ1n) is 9.94. The van der Waals surface area contributed by atoms with Crippen molar-refractivity contribution < 1.29 is 8.78 Å². The second-order valence-electron chi connectivity index (χ2n) is 7.31. The Labute approximate surface area is 177 Å². The van der Waals surface area contributed by atoms with Gasteiger partial charge in [0.25, 0.3) is 0 Å². The van der Waals surface area contributed by atoms with Gasteiger partial charge in [0.1, 0.15) is 29.6 Å². The molecule has 1 saturated heterocycles. The minimum Gasteiger partial charge on any atom is -0.349 e. The fourth-order valence-corrected chi connectivity index (χ4v) is 3.90. The van der Waals surface area contributed by atoms with Crippen molar-refractivity contribution in [3.63, 3.8) is 0 Å². The summed E-state index contributed by atoms with van der Waals surface area (Å²) in [6, 6.07) is 11.0. The second kappa shape index (κ2) is 8.10. The van der Waals surface area contributed by atoms with Gasteiger partial charge in [-0.25, -0.2) is 18.7 Å². The highest BCUT2D eigenvalue weighted by atomic mass is 19.1. The van der Waals surface area contributed by atoms with E-state index in [0.29, 0.717) is 23.0 Å². The van der Waals surface area contributed by atoms with Crippen LogP contribution in [0.3, 0.4) is 0 Å². The van der Waals surface area contributed by atoms with Gasteiger partial charge in [0.05, 0.1) is 11.7 Å². The summed E-state index contributed by atoms with van der Waals surface area (Å²) >= 11 is 0. The van der Waals surface area contributed by atoms with Crippen molar-refractivity contribution >= 4 is 17.5 Å². The largest absolute Gasteiger partial charge is 0.349 e. The topological polar surface area (TPSA) is 82.6 Å². The Morgan fingerprint density at radius 1 is 1.06 bits per heavy atom. The minimum atomic E-state index is -0.580. The molecular weight excluding hydrogens is 400 g/mol. The van der Waals surface area contributed by atoms with Crippen LogP contribution >= 0.6 is 0 Å². The van der Waals surface area contributed by atoms with Crippen LogP contribution in [0.4, 0.5) is 26.2 Å². The first-order valence-corrected chi connectivity index (χ1v) is 9.94. The number of hydrogen-bond acceptors (Lipinski definition) is 6. The Hall–Kier alpha value is -3.88. The molecule has 1 unspecified atom stereocenters. The van der Waals surface area contributed by atoms with Crippen molar-refractivity contribution in [1.82, 2.24) is 25.1 Å². The average Bonchev–Trinajstić information content (AvgIpc) is 3.45. The van der Waals surface area contributed by atoms with Gasteiger partial charge in [-0.1, -0.05) is 6.07 Å². The summed E-state index contributed by atoms with van der Waals surface area (Å²) < 4.78 is 27.7. The van der Waals surface area contributed by atoms with E-state index in [4.69, 9.17) is 0 Å². The van der Waals surface area contributed by atoms with Crippen LogP contribution in [0.1, 0.15) is 24.4 Å². The lowest BCUT2D eigenvalue weighted by atomic mass is 10.0. The number of hydrogen-bond donors (Lipinski definition) is 2. The molecule has 0 amide bonds. The average molecular weight is 419 g/mol. The predicted molar refractivity (Wildman–Crippen MR) is 113 cm³/mol. The second-order valence-corrected chi connectivity index (χ2v) is 7.31. The van der Waals surface area contributed by atoms with Crippen molar-refractivity contribution in [2.75, 3.05) is 16.8 Å². The molecule has 2 N–H and O–H groups in total. The third-order valence-corrected chi connectivity index (χ3v) is 5.33. The van der Waals surface area contributed by atoms with Gasteiger partial charge in [0.15, 0.2) is 5.82 Å². The summed E-state index contributed by atoms with van der Waals surface area (Å²) in [6.45, 7) is 0.728. The zero-order valence-electron chi connectivity index (χ0n) is 16.5. The predicted octanol–water partition coefficient (Wildman–Crippen LogP) is 4.63. The molecule has 156 valence electrons. The van der Waals surface area contributed by atoms with Crippen LogP contribution in [0.2, 0.25) is 0 Å². The van der Waals surface area contributed by atoms with Crippen molar-refractivity contribution in [1.29, 1.82) is 0 Å². The zero-order valence-corrected chi connectivity index (χ0v) is 16.5. The molecule has 7 nitrogen and oxygen atoms in total. The summed E-state index contributed by atoms with van der Waals surface area (Å²) in [5.41, 5.74) is 2.23. The van der Waals surface area contributed by atoms with Crippen LogP contribution in [0.15, 0.2) is 61.2 Å². The van der Waals surface area contributed by atoms with Gasteiger partial charge in [-0.2, -0.15) is 5.10 Å². The van der Waals surface area contributed by atoms with E-state index in [1.54, 1.807) is 18.5 Å². The Balaban J connectivity index is 1.37. The summed E-state index contributed by atoms with van der Waals surface area (Å²) in [7, 11) is 0.